The third kappa shape index (κ3) is 5.23. The van der Waals surface area contributed by atoms with Crippen LogP contribution in [0.25, 0.3) is 0 Å². The number of anilines is 1. The van der Waals surface area contributed by atoms with Crippen LogP contribution in [0, 0.1) is 10.1 Å². The largest absolute Gasteiger partial charge is 0.493 e. The van der Waals surface area contributed by atoms with Gasteiger partial charge in [0.2, 0.25) is 0 Å². The molecule has 0 heterocycles. The van der Waals surface area contributed by atoms with Crippen LogP contribution in [-0.2, 0) is 11.0 Å². The zero-order valence-electron chi connectivity index (χ0n) is 13.9. The lowest BCUT2D eigenvalue weighted by Gasteiger charge is -2.13. The van der Waals surface area contributed by atoms with Crippen molar-refractivity contribution >= 4 is 17.3 Å². The number of nitro groups is 1. The van der Waals surface area contributed by atoms with Crippen molar-refractivity contribution in [2.24, 2.45) is 0 Å². The number of para-hydroxylation sites is 2. The molecule has 2 aromatic carbocycles. The van der Waals surface area contributed by atoms with Crippen molar-refractivity contribution in [1.82, 2.24) is 5.43 Å². The average Bonchev–Trinajstić information content (AvgIpc) is 2.63. The monoisotopic (exact) mass is 385 g/mol. The number of hydrazine groups is 1. The number of carbonyl (C=O) groups excluding carboxylic acids is 1. The minimum atomic E-state index is -4.73. The number of carbonyl (C=O) groups is 1. The minimum Gasteiger partial charge on any atom is -0.493 e. The summed E-state index contributed by atoms with van der Waals surface area (Å²) < 4.78 is 48.3. The molecule has 0 aliphatic rings. The fourth-order valence-electron chi connectivity index (χ4n) is 2.02. The molecule has 0 saturated carbocycles. The number of ether oxygens (including phenoxy) is 2. The van der Waals surface area contributed by atoms with Crippen LogP contribution in [0.4, 0.5) is 24.5 Å². The van der Waals surface area contributed by atoms with E-state index in [0.717, 1.165) is 6.07 Å². The van der Waals surface area contributed by atoms with Gasteiger partial charge in [-0.15, -0.1) is 0 Å². The van der Waals surface area contributed by atoms with Gasteiger partial charge in [-0.05, 0) is 24.3 Å². The number of methoxy groups -OCH3 is 1. The second kappa shape index (κ2) is 8.25. The maximum absolute atomic E-state index is 12.7. The normalized spacial score (nSPS) is 10.8. The van der Waals surface area contributed by atoms with Crippen LogP contribution in [0.5, 0.6) is 11.5 Å². The molecule has 0 atom stereocenters. The molecule has 2 aromatic rings. The Kier molecular flexibility index (Phi) is 6.06. The van der Waals surface area contributed by atoms with Gasteiger partial charge >= 0.3 is 6.18 Å². The van der Waals surface area contributed by atoms with Crippen molar-refractivity contribution in [3.05, 3.63) is 58.1 Å². The molecule has 0 bridgehead atoms. The first-order chi connectivity index (χ1) is 12.7. The molecule has 0 aliphatic carbocycles. The predicted octanol–water partition coefficient (Wildman–Crippen LogP) is 3.14. The van der Waals surface area contributed by atoms with Gasteiger partial charge in [-0.25, -0.2) is 0 Å². The Morgan fingerprint density at radius 3 is 2.44 bits per heavy atom. The van der Waals surface area contributed by atoms with Gasteiger partial charge < -0.3 is 9.47 Å². The average molecular weight is 385 g/mol. The van der Waals surface area contributed by atoms with Crippen LogP contribution >= 0.6 is 0 Å². The predicted molar refractivity (Wildman–Crippen MR) is 88.4 cm³/mol. The Labute approximate surface area is 151 Å². The van der Waals surface area contributed by atoms with Crippen LogP contribution in [0.2, 0.25) is 0 Å². The Hall–Kier alpha value is -3.50. The van der Waals surface area contributed by atoms with Crippen LogP contribution in [0.15, 0.2) is 42.5 Å². The molecule has 144 valence electrons. The van der Waals surface area contributed by atoms with E-state index in [2.05, 4.69) is 10.9 Å². The van der Waals surface area contributed by atoms with Gasteiger partial charge in [-0.1, -0.05) is 12.1 Å². The zero-order chi connectivity index (χ0) is 20.0. The summed E-state index contributed by atoms with van der Waals surface area (Å²) in [7, 11) is 1.42. The molecule has 8 nitrogen and oxygen atoms in total. The fourth-order valence-corrected chi connectivity index (χ4v) is 2.02. The summed E-state index contributed by atoms with van der Waals surface area (Å²) >= 11 is 0. The van der Waals surface area contributed by atoms with Gasteiger partial charge in [0, 0.05) is 6.07 Å². The quantitative estimate of drug-likeness (QED) is 0.561. The number of nitrogens with one attached hydrogen (secondary N) is 2. The van der Waals surface area contributed by atoms with Crippen LogP contribution < -0.4 is 20.3 Å². The Bertz CT molecular complexity index is 842. The fraction of sp³-hybridized carbons (Fsp3) is 0.188. The topological polar surface area (TPSA) is 103 Å². The number of nitro benzene ring substituents is 1. The molecule has 2 rings (SSSR count). The SMILES string of the molecule is COc1ccccc1OCC(=O)NNc1ccc(C(F)(F)F)cc1[N+](=O)[O-]. The molecule has 0 radical (unpaired) electrons. The highest BCUT2D eigenvalue weighted by Crippen LogP contribution is 2.34. The molecule has 27 heavy (non-hydrogen) atoms. The standard InChI is InChI=1S/C16H14F3N3O5/c1-26-13-4-2-3-5-14(13)27-9-15(23)21-20-11-7-6-10(16(17,18)19)8-12(11)22(24)25/h2-8,20H,9H2,1H3,(H,21,23). The van der Waals surface area contributed by atoms with E-state index in [-0.39, 0.29) is 5.69 Å². The number of rotatable bonds is 7. The van der Waals surface area contributed by atoms with E-state index < -0.39 is 34.9 Å². The zero-order valence-corrected chi connectivity index (χ0v) is 13.9. The molecular weight excluding hydrogens is 371 g/mol. The van der Waals surface area contributed by atoms with Crippen LogP contribution in [0.3, 0.4) is 0 Å². The molecule has 0 spiro atoms. The number of nitrogens with zero attached hydrogens (tertiary/aromatic N) is 1. The summed E-state index contributed by atoms with van der Waals surface area (Å²) in [6, 6.07) is 8.45. The molecule has 11 heteroatoms. The number of benzene rings is 2. The van der Waals surface area contributed by atoms with Crippen LogP contribution in [0.1, 0.15) is 5.56 Å². The maximum Gasteiger partial charge on any atom is 0.416 e. The van der Waals surface area contributed by atoms with Gasteiger partial charge in [-0.3, -0.25) is 25.8 Å². The van der Waals surface area contributed by atoms with Gasteiger partial charge in [-0.2, -0.15) is 13.2 Å². The molecule has 0 unspecified atom stereocenters. The highest BCUT2D eigenvalue weighted by Gasteiger charge is 2.33. The second-order valence-corrected chi connectivity index (χ2v) is 5.10. The smallest absolute Gasteiger partial charge is 0.416 e. The highest BCUT2D eigenvalue weighted by molar-refractivity contribution is 5.80. The van der Waals surface area contributed by atoms with E-state index in [0.29, 0.717) is 23.6 Å². The van der Waals surface area contributed by atoms with E-state index in [1.165, 1.54) is 7.11 Å². The summed E-state index contributed by atoms with van der Waals surface area (Å²) in [6.07, 6.45) is -4.73. The molecule has 2 N–H and O–H groups in total. The van der Waals surface area contributed by atoms with Crippen LogP contribution in [-0.4, -0.2) is 24.5 Å². The first-order valence-corrected chi connectivity index (χ1v) is 7.38. The lowest BCUT2D eigenvalue weighted by atomic mass is 10.1. The highest BCUT2D eigenvalue weighted by atomic mass is 19.4. The summed E-state index contributed by atoms with van der Waals surface area (Å²) in [5.41, 5.74) is 2.02. The van der Waals surface area contributed by atoms with Gasteiger partial charge in [0.15, 0.2) is 18.1 Å². The summed E-state index contributed by atoms with van der Waals surface area (Å²) in [5, 5.41) is 11.0. The van der Waals surface area contributed by atoms with Gasteiger partial charge in [0.1, 0.15) is 5.69 Å². The minimum absolute atomic E-state index is 0.302. The second-order valence-electron chi connectivity index (χ2n) is 5.10. The molecule has 0 aromatic heterocycles. The molecule has 1 amide bonds. The van der Waals surface area contributed by atoms with Crippen molar-refractivity contribution in [3.8, 4) is 11.5 Å². The lowest BCUT2D eigenvalue weighted by molar-refractivity contribution is -0.384. The van der Waals surface area contributed by atoms with Crippen molar-refractivity contribution < 1.29 is 32.4 Å². The van der Waals surface area contributed by atoms with E-state index in [4.69, 9.17) is 9.47 Å². The third-order valence-electron chi connectivity index (χ3n) is 3.29. The molecule has 0 fully saturated rings. The van der Waals surface area contributed by atoms with Crippen molar-refractivity contribution in [2.45, 2.75) is 6.18 Å². The van der Waals surface area contributed by atoms with Crippen molar-refractivity contribution in [3.63, 3.8) is 0 Å². The third-order valence-corrected chi connectivity index (χ3v) is 3.29. The van der Waals surface area contributed by atoms with E-state index in [1.54, 1.807) is 24.3 Å². The molecular formula is C16H14F3N3O5. The number of hydrogen-bond acceptors (Lipinski definition) is 6. The Balaban J connectivity index is 2.01. The number of amides is 1. The first-order valence-electron chi connectivity index (χ1n) is 7.38. The maximum atomic E-state index is 12.7. The van der Waals surface area contributed by atoms with E-state index >= 15 is 0 Å². The summed E-state index contributed by atoms with van der Waals surface area (Å²) in [6.45, 7) is -0.457. The first kappa shape index (κ1) is 19.8. The number of hydrogen-bond donors (Lipinski definition) is 2. The Morgan fingerprint density at radius 2 is 1.85 bits per heavy atom. The van der Waals surface area contributed by atoms with E-state index in [1.807, 2.05) is 0 Å². The number of halogens is 3. The van der Waals surface area contributed by atoms with E-state index in [9.17, 15) is 28.1 Å². The van der Waals surface area contributed by atoms with Gasteiger partial charge in [0.25, 0.3) is 11.6 Å². The Morgan fingerprint density at radius 1 is 1.19 bits per heavy atom. The molecule has 0 aliphatic heterocycles. The molecule has 0 saturated heterocycles. The lowest BCUT2D eigenvalue weighted by Crippen LogP contribution is -2.34. The summed E-state index contributed by atoms with van der Waals surface area (Å²) in [5.74, 6) is -0.0117. The summed E-state index contributed by atoms with van der Waals surface area (Å²) in [4.78, 5) is 21.8. The van der Waals surface area contributed by atoms with Crippen molar-refractivity contribution in [1.29, 1.82) is 0 Å². The van der Waals surface area contributed by atoms with Gasteiger partial charge in [0.05, 0.1) is 17.6 Å². The number of alkyl halides is 3. The van der Waals surface area contributed by atoms with Crippen molar-refractivity contribution in [2.75, 3.05) is 19.1 Å².